The molecule has 0 bridgehead atoms. The van der Waals surface area contributed by atoms with Crippen LogP contribution < -0.4 is 0 Å². The Kier molecular flexibility index (Phi) is 4.09. The number of sulfone groups is 1. The van der Waals surface area contributed by atoms with E-state index in [4.69, 9.17) is 0 Å². The molecule has 0 aliphatic rings. The fraction of sp³-hybridized carbons (Fsp3) is 0.462. The van der Waals surface area contributed by atoms with Crippen molar-refractivity contribution in [2.24, 2.45) is 0 Å². The van der Waals surface area contributed by atoms with Crippen molar-refractivity contribution in [3.05, 3.63) is 34.4 Å². The Balaban J connectivity index is 3.10. The van der Waals surface area contributed by atoms with Gasteiger partial charge in [-0.15, -0.1) is 0 Å². The summed E-state index contributed by atoms with van der Waals surface area (Å²) in [6.07, 6.45) is 0. The van der Waals surface area contributed by atoms with Crippen LogP contribution in [0.2, 0.25) is 0 Å². The number of hydrogen-bond donors (Lipinski definition) is 0. The van der Waals surface area contributed by atoms with Crippen LogP contribution in [-0.2, 0) is 9.84 Å². The van der Waals surface area contributed by atoms with Crippen molar-refractivity contribution in [1.29, 1.82) is 0 Å². The first-order chi connectivity index (χ1) is 7.76. The third-order valence-electron chi connectivity index (χ3n) is 2.93. The Bertz CT molecular complexity index is 542. The second-order valence-electron chi connectivity index (χ2n) is 4.35. The number of hydrogen-bond acceptors (Lipinski definition) is 3. The van der Waals surface area contributed by atoms with Gasteiger partial charge in [0.2, 0.25) is 0 Å². The van der Waals surface area contributed by atoms with Crippen LogP contribution in [0.15, 0.2) is 12.1 Å². The van der Waals surface area contributed by atoms with E-state index in [-0.39, 0.29) is 11.5 Å². The van der Waals surface area contributed by atoms with Crippen LogP contribution in [0.1, 0.15) is 34.0 Å². The molecule has 0 amide bonds. The minimum atomic E-state index is -3.26. The van der Waals surface area contributed by atoms with E-state index in [1.807, 2.05) is 26.8 Å². The van der Waals surface area contributed by atoms with Gasteiger partial charge in [0.05, 0.1) is 0 Å². The van der Waals surface area contributed by atoms with Crippen LogP contribution in [0.25, 0.3) is 0 Å². The van der Waals surface area contributed by atoms with Crippen LogP contribution in [0.5, 0.6) is 0 Å². The zero-order chi connectivity index (χ0) is 13.2. The highest BCUT2D eigenvalue weighted by molar-refractivity contribution is 7.92. The van der Waals surface area contributed by atoms with Gasteiger partial charge in [0.15, 0.2) is 15.6 Å². The SMILES string of the molecule is CCS(=O)(=O)CC(=O)c1cc(C)c(C)cc1C. The van der Waals surface area contributed by atoms with Crippen molar-refractivity contribution in [2.45, 2.75) is 27.7 Å². The average molecular weight is 254 g/mol. The van der Waals surface area contributed by atoms with Crippen molar-refractivity contribution >= 4 is 15.6 Å². The second kappa shape index (κ2) is 5.00. The lowest BCUT2D eigenvalue weighted by atomic mass is 9.99. The number of carbonyl (C=O) groups excluding carboxylic acids is 1. The van der Waals surface area contributed by atoms with Crippen LogP contribution in [-0.4, -0.2) is 25.7 Å². The van der Waals surface area contributed by atoms with Crippen LogP contribution in [0.3, 0.4) is 0 Å². The Hall–Kier alpha value is -1.16. The zero-order valence-corrected chi connectivity index (χ0v) is 11.5. The summed E-state index contributed by atoms with van der Waals surface area (Å²) in [7, 11) is -3.26. The number of benzene rings is 1. The summed E-state index contributed by atoms with van der Waals surface area (Å²) in [4.78, 5) is 11.9. The Morgan fingerprint density at radius 2 is 1.59 bits per heavy atom. The topological polar surface area (TPSA) is 51.2 Å². The molecule has 0 radical (unpaired) electrons. The van der Waals surface area contributed by atoms with Crippen LogP contribution >= 0.6 is 0 Å². The average Bonchev–Trinajstić information content (AvgIpc) is 2.22. The molecule has 1 rings (SSSR count). The number of aryl methyl sites for hydroxylation is 3. The van der Waals surface area contributed by atoms with E-state index in [0.29, 0.717) is 5.56 Å². The first-order valence-corrected chi connectivity index (χ1v) is 7.40. The second-order valence-corrected chi connectivity index (χ2v) is 6.70. The van der Waals surface area contributed by atoms with Gasteiger partial charge in [-0.2, -0.15) is 0 Å². The maximum absolute atomic E-state index is 11.9. The quantitative estimate of drug-likeness (QED) is 0.774. The minimum Gasteiger partial charge on any atom is -0.293 e. The molecule has 3 nitrogen and oxygen atoms in total. The third-order valence-corrected chi connectivity index (χ3v) is 4.51. The lowest BCUT2D eigenvalue weighted by Gasteiger charge is -2.08. The van der Waals surface area contributed by atoms with Gasteiger partial charge in [0, 0.05) is 11.3 Å². The molecule has 0 heterocycles. The molecule has 0 spiro atoms. The monoisotopic (exact) mass is 254 g/mol. The van der Waals surface area contributed by atoms with E-state index in [0.717, 1.165) is 16.7 Å². The highest BCUT2D eigenvalue weighted by atomic mass is 32.2. The number of ketones is 1. The highest BCUT2D eigenvalue weighted by Gasteiger charge is 2.18. The Morgan fingerprint density at radius 1 is 1.06 bits per heavy atom. The van der Waals surface area contributed by atoms with Gasteiger partial charge in [-0.1, -0.05) is 13.0 Å². The van der Waals surface area contributed by atoms with Crippen LogP contribution in [0, 0.1) is 20.8 Å². The van der Waals surface area contributed by atoms with E-state index in [2.05, 4.69) is 0 Å². The molecule has 0 aliphatic heterocycles. The van der Waals surface area contributed by atoms with Gasteiger partial charge in [-0.05, 0) is 43.5 Å². The van der Waals surface area contributed by atoms with E-state index in [1.54, 1.807) is 13.0 Å². The summed E-state index contributed by atoms with van der Waals surface area (Å²) in [6.45, 7) is 7.27. The molecule has 0 aromatic heterocycles. The normalized spacial score (nSPS) is 11.5. The molecule has 0 atom stereocenters. The van der Waals surface area contributed by atoms with E-state index < -0.39 is 15.6 Å². The van der Waals surface area contributed by atoms with Crippen molar-refractivity contribution in [3.8, 4) is 0 Å². The molecule has 0 N–H and O–H groups in total. The van der Waals surface area contributed by atoms with Gasteiger partial charge in [-0.3, -0.25) is 4.79 Å². The maximum atomic E-state index is 11.9. The van der Waals surface area contributed by atoms with Crippen molar-refractivity contribution in [2.75, 3.05) is 11.5 Å². The predicted molar refractivity (Wildman–Crippen MR) is 69.3 cm³/mol. The zero-order valence-electron chi connectivity index (χ0n) is 10.7. The lowest BCUT2D eigenvalue weighted by molar-refractivity contribution is 0.102. The largest absolute Gasteiger partial charge is 0.293 e. The fourth-order valence-electron chi connectivity index (χ4n) is 1.64. The summed E-state index contributed by atoms with van der Waals surface area (Å²) < 4.78 is 22.9. The van der Waals surface area contributed by atoms with Crippen molar-refractivity contribution in [1.82, 2.24) is 0 Å². The van der Waals surface area contributed by atoms with Gasteiger partial charge < -0.3 is 0 Å². The van der Waals surface area contributed by atoms with Gasteiger partial charge >= 0.3 is 0 Å². The van der Waals surface area contributed by atoms with E-state index in [1.165, 1.54) is 0 Å². The van der Waals surface area contributed by atoms with E-state index in [9.17, 15) is 13.2 Å². The summed E-state index contributed by atoms with van der Waals surface area (Å²) in [5.74, 6) is -0.706. The highest BCUT2D eigenvalue weighted by Crippen LogP contribution is 2.16. The lowest BCUT2D eigenvalue weighted by Crippen LogP contribution is -2.18. The van der Waals surface area contributed by atoms with Crippen molar-refractivity contribution in [3.63, 3.8) is 0 Å². The number of rotatable bonds is 4. The first-order valence-electron chi connectivity index (χ1n) is 5.58. The molecule has 1 aromatic carbocycles. The maximum Gasteiger partial charge on any atom is 0.178 e. The minimum absolute atomic E-state index is 0.00261. The summed E-state index contributed by atoms with van der Waals surface area (Å²) in [6, 6.07) is 3.69. The molecule has 0 unspecified atom stereocenters. The smallest absolute Gasteiger partial charge is 0.178 e. The molecule has 1 aromatic rings. The standard InChI is InChI=1S/C13H18O3S/c1-5-17(15,16)8-13(14)12-7-10(3)9(2)6-11(12)4/h6-7H,5,8H2,1-4H3. The molecule has 0 saturated heterocycles. The molecular weight excluding hydrogens is 236 g/mol. The Labute approximate surface area is 103 Å². The molecular formula is C13H18O3S. The van der Waals surface area contributed by atoms with Gasteiger partial charge in [-0.25, -0.2) is 8.42 Å². The summed E-state index contributed by atoms with van der Waals surface area (Å²) >= 11 is 0. The van der Waals surface area contributed by atoms with Crippen molar-refractivity contribution < 1.29 is 13.2 Å². The summed E-state index contributed by atoms with van der Waals surface area (Å²) in [5.41, 5.74) is 3.47. The predicted octanol–water partition coefficient (Wildman–Crippen LogP) is 2.23. The molecule has 0 saturated carbocycles. The summed E-state index contributed by atoms with van der Waals surface area (Å²) in [5, 5.41) is 0. The molecule has 17 heavy (non-hydrogen) atoms. The fourth-order valence-corrected chi connectivity index (χ4v) is 2.40. The van der Waals surface area contributed by atoms with Gasteiger partial charge in [0.1, 0.15) is 5.75 Å². The molecule has 4 heteroatoms. The third kappa shape index (κ3) is 3.40. The van der Waals surface area contributed by atoms with E-state index >= 15 is 0 Å². The number of Topliss-reactive ketones (excluding diaryl/α,β-unsaturated/α-hetero) is 1. The van der Waals surface area contributed by atoms with Crippen LogP contribution in [0.4, 0.5) is 0 Å². The van der Waals surface area contributed by atoms with Gasteiger partial charge in [0.25, 0.3) is 0 Å². The number of carbonyl (C=O) groups is 1. The molecule has 0 fully saturated rings. The molecule has 0 aliphatic carbocycles. The first kappa shape index (κ1) is 13.9. The Morgan fingerprint density at radius 3 is 2.12 bits per heavy atom. The molecule has 94 valence electrons.